The number of ether oxygens (including phenoxy) is 2. The molecule has 372 valence electrons. The Hall–Kier alpha value is -4.79. The van der Waals surface area contributed by atoms with Crippen molar-refractivity contribution in [2.45, 2.75) is 134 Å². The predicted octanol–water partition coefficient (Wildman–Crippen LogP) is 6.76. The highest BCUT2D eigenvalue weighted by Gasteiger charge is 2.50. The van der Waals surface area contributed by atoms with Crippen LogP contribution in [0, 0.1) is 15.5 Å². The lowest BCUT2D eigenvalue weighted by atomic mass is 9.59. The summed E-state index contributed by atoms with van der Waals surface area (Å²) in [6.07, 6.45) is 16.4. The normalized spacial score (nSPS) is 26.9. The fourth-order valence-corrected chi connectivity index (χ4v) is 13.7. The Labute approximate surface area is 406 Å². The molecule has 6 heterocycles. The lowest BCUT2D eigenvalue weighted by molar-refractivity contribution is -0.513. The van der Waals surface area contributed by atoms with Crippen molar-refractivity contribution in [3.63, 3.8) is 0 Å². The average molecular weight is 986 g/mol. The molecular weight excluding hydrogens is 919 g/mol. The number of fused-ring (bicyclic) bond motifs is 1. The zero-order valence-corrected chi connectivity index (χ0v) is 41.8. The van der Waals surface area contributed by atoms with Gasteiger partial charge >= 0.3 is 0 Å². The van der Waals surface area contributed by atoms with E-state index < -0.39 is 47.7 Å². The van der Waals surface area contributed by atoms with E-state index in [1.807, 2.05) is 26.0 Å². The maximum atomic E-state index is 14.1. The van der Waals surface area contributed by atoms with Crippen molar-refractivity contribution in [1.82, 2.24) is 29.8 Å². The molecule has 1 spiro atoms. The molecule has 1 saturated carbocycles. The van der Waals surface area contributed by atoms with Gasteiger partial charge in [0.05, 0.1) is 30.5 Å². The van der Waals surface area contributed by atoms with Gasteiger partial charge in [-0.2, -0.15) is 0 Å². The van der Waals surface area contributed by atoms with Crippen LogP contribution in [0.2, 0.25) is 0 Å². The summed E-state index contributed by atoms with van der Waals surface area (Å²) in [6, 6.07) is 11.9. The second-order valence-electron chi connectivity index (χ2n) is 20.0. The van der Waals surface area contributed by atoms with Gasteiger partial charge in [-0.3, -0.25) is 35.0 Å². The van der Waals surface area contributed by atoms with Crippen LogP contribution in [-0.4, -0.2) is 130 Å². The number of sulfonamides is 1. The molecule has 2 aromatic heterocycles. The number of piperidine rings is 1. The van der Waals surface area contributed by atoms with Crippen molar-refractivity contribution < 1.29 is 31.8 Å². The van der Waals surface area contributed by atoms with Crippen LogP contribution in [0.3, 0.4) is 0 Å². The quantitative estimate of drug-likeness (QED) is 0.100. The first-order valence-electron chi connectivity index (χ1n) is 24.8. The van der Waals surface area contributed by atoms with E-state index in [2.05, 4.69) is 77.3 Å². The van der Waals surface area contributed by atoms with Gasteiger partial charge in [0.15, 0.2) is 6.17 Å². The van der Waals surface area contributed by atoms with Crippen LogP contribution in [0.5, 0.6) is 5.75 Å². The van der Waals surface area contributed by atoms with Crippen molar-refractivity contribution in [2.24, 2.45) is 14.8 Å². The summed E-state index contributed by atoms with van der Waals surface area (Å²) in [5.41, 5.74) is 3.99. The molecule has 17 nitrogen and oxygen atoms in total. The number of nitro groups is 1. The molecule has 4 unspecified atom stereocenters. The Morgan fingerprint density at radius 3 is 2.58 bits per heavy atom. The number of nitrogens with zero attached hydrogens (tertiary/aromatic N) is 6. The first-order chi connectivity index (χ1) is 33.1. The van der Waals surface area contributed by atoms with Crippen molar-refractivity contribution in [3.05, 3.63) is 104 Å². The molecule has 3 aromatic rings. The van der Waals surface area contributed by atoms with E-state index in [-0.39, 0.29) is 36.1 Å². The summed E-state index contributed by atoms with van der Waals surface area (Å²) in [5.74, 6) is 1.11. The Bertz CT molecular complexity index is 2740. The number of hydrogen-bond donors (Lipinski definition) is 3. The minimum atomic E-state index is -4.61. The number of hydrogen-bond acceptors (Lipinski definition) is 14. The van der Waals surface area contributed by atoms with Gasteiger partial charge in [-0.15, -0.1) is 0 Å². The third kappa shape index (κ3) is 10.8. The molecule has 2 aliphatic carbocycles. The lowest BCUT2D eigenvalue weighted by Crippen LogP contribution is -2.56. The average Bonchev–Trinajstić information content (AvgIpc) is 4.03. The van der Waals surface area contributed by atoms with E-state index in [4.69, 9.17) is 9.47 Å². The van der Waals surface area contributed by atoms with Gasteiger partial charge in [0, 0.05) is 74.7 Å². The Morgan fingerprint density at radius 1 is 1.07 bits per heavy atom. The van der Waals surface area contributed by atoms with Crippen LogP contribution in [0.15, 0.2) is 92.6 Å². The second-order valence-corrected chi connectivity index (χ2v) is 24.6. The monoisotopic (exact) mass is 985 g/mol. The molecule has 4 aliphatic heterocycles. The summed E-state index contributed by atoms with van der Waals surface area (Å²) in [4.78, 5) is 42.2. The first kappa shape index (κ1) is 49.2. The third-order valence-electron chi connectivity index (χ3n) is 15.4. The van der Waals surface area contributed by atoms with Crippen LogP contribution in [0.4, 0.5) is 0 Å². The summed E-state index contributed by atoms with van der Waals surface area (Å²) >= 11 is 0. The van der Waals surface area contributed by atoms with E-state index in [1.165, 1.54) is 36.8 Å². The molecule has 69 heavy (non-hydrogen) atoms. The number of likely N-dealkylation sites (tertiary alicyclic amines) is 2. The largest absolute Gasteiger partial charge is 0.455 e. The third-order valence-corrected chi connectivity index (χ3v) is 19.2. The van der Waals surface area contributed by atoms with Gasteiger partial charge in [-0.25, -0.2) is 26.7 Å². The van der Waals surface area contributed by atoms with Crippen molar-refractivity contribution in [2.75, 3.05) is 44.3 Å². The van der Waals surface area contributed by atoms with Crippen molar-refractivity contribution >= 4 is 42.9 Å². The second kappa shape index (κ2) is 20.5. The van der Waals surface area contributed by atoms with Crippen LogP contribution in [-0.2, 0) is 29.3 Å². The fourth-order valence-electron chi connectivity index (χ4n) is 11.3. The molecule has 9 rings (SSSR count). The number of amides is 1. The van der Waals surface area contributed by atoms with Crippen LogP contribution >= 0.6 is 0 Å². The number of aromatic amines is 1. The maximum Gasteiger partial charge on any atom is 0.268 e. The van der Waals surface area contributed by atoms with E-state index in [0.717, 1.165) is 50.2 Å². The number of allylic oxidation sites excluding steroid dienone is 1. The highest BCUT2D eigenvalue weighted by atomic mass is 32.2. The van der Waals surface area contributed by atoms with E-state index in [1.54, 1.807) is 24.5 Å². The highest BCUT2D eigenvalue weighted by molar-refractivity contribution is 7.94. The topological polar surface area (TPSA) is 214 Å². The minimum absolute atomic E-state index is 0.0338. The lowest BCUT2D eigenvalue weighted by Gasteiger charge is -2.56. The van der Waals surface area contributed by atoms with Gasteiger partial charge in [0.2, 0.25) is 0 Å². The molecule has 4 fully saturated rings. The number of H-pyrrole nitrogens is 1. The van der Waals surface area contributed by atoms with Crippen molar-refractivity contribution in [3.8, 4) is 5.75 Å². The highest BCUT2D eigenvalue weighted by Crippen LogP contribution is 2.54. The molecule has 6 atom stereocenters. The number of dihydropyridines is 1. The van der Waals surface area contributed by atoms with Gasteiger partial charge in [0.25, 0.3) is 22.0 Å². The maximum absolute atomic E-state index is 14.1. The summed E-state index contributed by atoms with van der Waals surface area (Å²) in [6.45, 7) is 11.8. The number of aromatic nitrogens is 2. The van der Waals surface area contributed by atoms with E-state index >= 15 is 0 Å². The van der Waals surface area contributed by atoms with Gasteiger partial charge < -0.3 is 14.5 Å². The summed E-state index contributed by atoms with van der Waals surface area (Å²) in [5, 5.41) is 16.2. The number of aliphatic imine (C=N–C) groups is 1. The molecule has 0 radical (unpaired) electrons. The Morgan fingerprint density at radius 2 is 1.86 bits per heavy atom. The van der Waals surface area contributed by atoms with E-state index in [0.29, 0.717) is 72.2 Å². The number of carbonyl (C=O) groups excluding carboxylic acids is 1. The number of pyridine rings is 1. The van der Waals surface area contributed by atoms with Gasteiger partial charge in [0.1, 0.15) is 22.1 Å². The Balaban J connectivity index is 0.837. The number of carbonyl (C=O) groups is 1. The first-order valence-corrected chi connectivity index (χ1v) is 28.1. The van der Waals surface area contributed by atoms with Gasteiger partial charge in [-0.1, -0.05) is 58.0 Å². The van der Waals surface area contributed by atoms with Crippen LogP contribution < -0.4 is 14.8 Å². The van der Waals surface area contributed by atoms with E-state index in [9.17, 15) is 27.5 Å². The SMILES string of the molecule is CCS(=O)(CC)=NC1CC[C@H](CNC2N=CC(S(=O)(=O)NC(=O)C3=CCC(N4CCC5(CC4)CC(N4CCC[C@H]4c4ccccc4C(C)C)C5)C=C3Oc3cnc4[nH]ccc4c3)=CC2[N+](=O)[O-])OC1. The van der Waals surface area contributed by atoms with Gasteiger partial charge in [-0.05, 0) is 118 Å². The fraction of sp³-hybridized carbons (Fsp3) is 0.580. The molecule has 6 aliphatic rings. The summed E-state index contributed by atoms with van der Waals surface area (Å²) in [7, 11) is -6.88. The van der Waals surface area contributed by atoms with Crippen LogP contribution in [0.25, 0.3) is 11.0 Å². The molecule has 19 heteroatoms. The number of benzene rings is 1. The zero-order chi connectivity index (χ0) is 48.5. The zero-order valence-electron chi connectivity index (χ0n) is 40.1. The smallest absolute Gasteiger partial charge is 0.268 e. The molecular formula is C50H67N9O8S2. The predicted molar refractivity (Wildman–Crippen MR) is 267 cm³/mol. The molecule has 1 aromatic carbocycles. The molecule has 3 N–H and O–H groups in total. The minimum Gasteiger partial charge on any atom is -0.455 e. The molecule has 0 bridgehead atoms. The Kier molecular flexibility index (Phi) is 14.6. The van der Waals surface area contributed by atoms with Crippen molar-refractivity contribution in [1.29, 1.82) is 0 Å². The summed E-state index contributed by atoms with van der Waals surface area (Å²) < 4.78 is 59.5. The standard InChI is InChI=1S/C50H67N9O8S2/c1-5-68(63,6-2)55-35-13-15-38(66-32-35)29-53-48-45(59(61)62)26-40(31-54-48)69(64,65)56-49(60)43-16-14-36(25-46(43)67-39-24-34-17-20-51-47(34)52-30-39)57-22-18-50(19-23-57)27-37(28-50)58-21-9-12-44(58)42-11-8-7-10-41(42)33(3)4/h7-8,10-11,16-17,20,24-26,30-31,33,35-38,44-45,48,53H,5-6,9,12-15,18-19,21-23,27-29,32H2,1-4H3,(H,51,52)(H,56,60)/t35?,36?,38-,44+,45?,48?/m1/s1. The molecule has 3 saturated heterocycles. The number of nitrogens with one attached hydrogen (secondary N) is 3. The number of rotatable bonds is 16. The molecule has 1 amide bonds. The van der Waals surface area contributed by atoms with Crippen LogP contribution in [0.1, 0.15) is 109 Å².